The fourth-order valence-electron chi connectivity index (χ4n) is 3.11. The van der Waals surface area contributed by atoms with Crippen LogP contribution in [0.5, 0.6) is 5.88 Å². The van der Waals surface area contributed by atoms with E-state index >= 15 is 0 Å². The lowest BCUT2D eigenvalue weighted by Crippen LogP contribution is -2.30. The Labute approximate surface area is 173 Å². The molecule has 158 valence electrons. The lowest BCUT2D eigenvalue weighted by Gasteiger charge is -2.26. The molecule has 2 aromatic heterocycles. The molecule has 3 rings (SSSR count). The van der Waals surface area contributed by atoms with Gasteiger partial charge in [-0.05, 0) is 31.4 Å². The summed E-state index contributed by atoms with van der Waals surface area (Å²) in [6.07, 6.45) is 8.94. The number of hydrogen-bond donors (Lipinski definition) is 2. The topological polar surface area (TPSA) is 103 Å². The van der Waals surface area contributed by atoms with Crippen LogP contribution in [-0.4, -0.2) is 27.5 Å². The number of allylic oxidation sites excluding steroid dienone is 3. The number of rotatable bonds is 7. The normalized spacial score (nSPS) is 18.8. The summed E-state index contributed by atoms with van der Waals surface area (Å²) in [5.74, 6) is -0.550. The highest BCUT2D eigenvalue weighted by molar-refractivity contribution is 5.85. The van der Waals surface area contributed by atoms with Crippen molar-refractivity contribution in [1.29, 1.82) is 0 Å². The predicted octanol–water partition coefficient (Wildman–Crippen LogP) is 3.51. The minimum atomic E-state index is -2.94. The number of pyridine rings is 1. The Kier molecular flexibility index (Phi) is 6.09. The van der Waals surface area contributed by atoms with Gasteiger partial charge in [-0.25, -0.2) is 15.0 Å². The van der Waals surface area contributed by atoms with Gasteiger partial charge >= 0.3 is 6.61 Å². The lowest BCUT2D eigenvalue weighted by molar-refractivity contribution is -0.121. The molecule has 0 aliphatic heterocycles. The summed E-state index contributed by atoms with van der Waals surface area (Å²) in [7, 11) is 0. The van der Waals surface area contributed by atoms with Gasteiger partial charge in [-0.15, -0.1) is 0 Å². The van der Waals surface area contributed by atoms with Gasteiger partial charge in [0.1, 0.15) is 0 Å². The second-order valence-electron chi connectivity index (χ2n) is 7.55. The summed E-state index contributed by atoms with van der Waals surface area (Å²) >= 11 is 0. The molecule has 0 radical (unpaired) electrons. The van der Waals surface area contributed by atoms with E-state index in [1.54, 1.807) is 24.5 Å². The first kappa shape index (κ1) is 21.4. The highest BCUT2D eigenvalue weighted by Gasteiger charge is 2.25. The van der Waals surface area contributed by atoms with Crippen LogP contribution in [0.2, 0.25) is 0 Å². The van der Waals surface area contributed by atoms with Gasteiger partial charge in [0.25, 0.3) is 0 Å². The highest BCUT2D eigenvalue weighted by atomic mass is 19.3. The third kappa shape index (κ3) is 4.97. The van der Waals surface area contributed by atoms with Crippen molar-refractivity contribution >= 4 is 17.4 Å². The maximum atomic E-state index is 12.4. The van der Waals surface area contributed by atoms with Gasteiger partial charge in [-0.1, -0.05) is 31.2 Å². The summed E-state index contributed by atoms with van der Waals surface area (Å²) in [5.41, 5.74) is 6.78. The maximum Gasteiger partial charge on any atom is 0.388 e. The molecule has 2 atom stereocenters. The lowest BCUT2D eigenvalue weighted by atomic mass is 9.85. The van der Waals surface area contributed by atoms with Crippen LogP contribution < -0.4 is 15.8 Å². The Morgan fingerprint density at radius 2 is 1.97 bits per heavy atom. The van der Waals surface area contributed by atoms with Crippen LogP contribution in [0.3, 0.4) is 0 Å². The van der Waals surface area contributed by atoms with Crippen LogP contribution in [0.15, 0.2) is 48.8 Å². The minimum Gasteiger partial charge on any atom is -0.417 e. The average molecular weight is 415 g/mol. The van der Waals surface area contributed by atoms with Gasteiger partial charge < -0.3 is 15.8 Å². The first-order valence-electron chi connectivity index (χ1n) is 9.38. The zero-order valence-corrected chi connectivity index (χ0v) is 16.8. The van der Waals surface area contributed by atoms with Gasteiger partial charge in [0.05, 0.1) is 17.2 Å². The molecule has 2 unspecified atom stereocenters. The molecule has 0 fully saturated rings. The molecular weight excluding hydrogens is 392 g/mol. The van der Waals surface area contributed by atoms with Crippen molar-refractivity contribution in [2.24, 2.45) is 17.6 Å². The molecule has 2 aromatic rings. The molecule has 1 aliphatic carbocycles. The third-order valence-corrected chi connectivity index (χ3v) is 4.82. The standard InChI is InChI=1S/C21H23F2N5O2/c1-12-7-8-13(9-15(12)18(24)29)14-10-25-20(26-11-14)28-21(2,3)16-5-4-6-17(27-16)30-19(22)23/h4-12,15,19H,1-3H3,(H2,24,29)(H,25,26,28). The molecule has 7 nitrogen and oxygen atoms in total. The first-order valence-corrected chi connectivity index (χ1v) is 9.38. The average Bonchev–Trinajstić information content (AvgIpc) is 2.68. The third-order valence-electron chi connectivity index (χ3n) is 4.82. The van der Waals surface area contributed by atoms with Gasteiger partial charge in [0, 0.05) is 24.0 Å². The van der Waals surface area contributed by atoms with E-state index < -0.39 is 12.2 Å². The van der Waals surface area contributed by atoms with Crippen molar-refractivity contribution in [2.45, 2.75) is 32.9 Å². The van der Waals surface area contributed by atoms with Crippen LogP contribution >= 0.6 is 0 Å². The summed E-state index contributed by atoms with van der Waals surface area (Å²) in [5, 5.41) is 3.14. The predicted molar refractivity (Wildman–Crippen MR) is 109 cm³/mol. The second kappa shape index (κ2) is 8.56. The zero-order valence-electron chi connectivity index (χ0n) is 16.8. The Morgan fingerprint density at radius 1 is 1.27 bits per heavy atom. The fraction of sp³-hybridized carbons (Fsp3) is 0.333. The van der Waals surface area contributed by atoms with Crippen molar-refractivity contribution in [3.8, 4) is 5.88 Å². The molecule has 2 heterocycles. The van der Waals surface area contributed by atoms with E-state index in [9.17, 15) is 13.6 Å². The quantitative estimate of drug-likeness (QED) is 0.717. The van der Waals surface area contributed by atoms with Crippen LogP contribution in [0.25, 0.3) is 5.57 Å². The number of aromatic nitrogens is 3. The number of halogens is 2. The molecule has 1 amide bonds. The molecule has 30 heavy (non-hydrogen) atoms. The Balaban J connectivity index is 1.76. The highest BCUT2D eigenvalue weighted by Crippen LogP contribution is 2.29. The Morgan fingerprint density at radius 3 is 2.60 bits per heavy atom. The van der Waals surface area contributed by atoms with Crippen LogP contribution in [0.1, 0.15) is 32.0 Å². The maximum absolute atomic E-state index is 12.4. The molecule has 0 bridgehead atoms. The number of carbonyl (C=O) groups is 1. The zero-order chi connectivity index (χ0) is 21.9. The van der Waals surface area contributed by atoms with Crippen molar-refractivity contribution in [2.75, 3.05) is 5.32 Å². The van der Waals surface area contributed by atoms with Crippen molar-refractivity contribution in [3.05, 3.63) is 60.1 Å². The molecule has 0 spiro atoms. The molecule has 0 aromatic carbocycles. The van der Waals surface area contributed by atoms with Gasteiger partial charge in [-0.3, -0.25) is 4.79 Å². The number of amides is 1. The molecule has 1 aliphatic rings. The van der Waals surface area contributed by atoms with E-state index in [1.807, 2.05) is 39.0 Å². The van der Waals surface area contributed by atoms with E-state index in [1.165, 1.54) is 6.07 Å². The molecular formula is C21H23F2N5O2. The summed E-state index contributed by atoms with van der Waals surface area (Å²) in [6.45, 7) is 2.63. The number of anilines is 1. The monoisotopic (exact) mass is 415 g/mol. The minimum absolute atomic E-state index is 0.0335. The number of nitrogens with one attached hydrogen (secondary N) is 1. The number of carbonyl (C=O) groups excluding carboxylic acids is 1. The van der Waals surface area contributed by atoms with Crippen LogP contribution in [0, 0.1) is 11.8 Å². The van der Waals surface area contributed by atoms with E-state index in [-0.39, 0.29) is 23.6 Å². The molecule has 9 heteroatoms. The second-order valence-corrected chi connectivity index (χ2v) is 7.55. The Hall–Kier alpha value is -3.36. The number of alkyl halides is 2. The first-order chi connectivity index (χ1) is 14.2. The molecule has 0 saturated carbocycles. The van der Waals surface area contributed by atoms with E-state index in [0.29, 0.717) is 11.6 Å². The number of nitrogens with zero attached hydrogens (tertiary/aromatic N) is 3. The van der Waals surface area contributed by atoms with Crippen molar-refractivity contribution in [1.82, 2.24) is 15.0 Å². The number of hydrogen-bond acceptors (Lipinski definition) is 6. The summed E-state index contributed by atoms with van der Waals surface area (Å²) in [4.78, 5) is 24.4. The van der Waals surface area contributed by atoms with Gasteiger partial charge in [0.2, 0.25) is 17.7 Å². The van der Waals surface area contributed by atoms with E-state index in [0.717, 1.165) is 11.1 Å². The Bertz CT molecular complexity index is 974. The molecule has 3 N–H and O–H groups in total. The summed E-state index contributed by atoms with van der Waals surface area (Å²) in [6, 6.07) is 4.65. The van der Waals surface area contributed by atoms with Gasteiger partial charge in [-0.2, -0.15) is 8.78 Å². The van der Waals surface area contributed by atoms with Crippen molar-refractivity contribution in [3.63, 3.8) is 0 Å². The number of primary amides is 1. The number of nitrogens with two attached hydrogens (primary N) is 1. The van der Waals surface area contributed by atoms with Crippen molar-refractivity contribution < 1.29 is 18.3 Å². The van der Waals surface area contributed by atoms with Gasteiger partial charge in [0.15, 0.2) is 0 Å². The smallest absolute Gasteiger partial charge is 0.388 e. The van der Waals surface area contributed by atoms with Crippen LogP contribution in [0.4, 0.5) is 14.7 Å². The number of ether oxygens (including phenoxy) is 1. The largest absolute Gasteiger partial charge is 0.417 e. The fourth-order valence-corrected chi connectivity index (χ4v) is 3.11. The summed E-state index contributed by atoms with van der Waals surface area (Å²) < 4.78 is 29.3. The van der Waals surface area contributed by atoms with E-state index in [4.69, 9.17) is 5.73 Å². The SMILES string of the molecule is CC1C=CC(c2cnc(NC(C)(C)c3cccc(OC(F)F)n3)nc2)=CC1C(N)=O. The molecule has 0 saturated heterocycles. The van der Waals surface area contributed by atoms with E-state index in [2.05, 4.69) is 25.0 Å². The van der Waals surface area contributed by atoms with Crippen LogP contribution in [-0.2, 0) is 10.3 Å².